The molecule has 3 N–H and O–H groups in total. The molecule has 1 saturated heterocycles. The number of H-pyrrole nitrogens is 1. The molecule has 0 bridgehead atoms. The number of carbonyl (C=O) groups excluding carboxylic acids is 1. The van der Waals surface area contributed by atoms with E-state index >= 15 is 0 Å². The molecular formula is C22H26N6OS. The Kier molecular flexibility index (Phi) is 5.59. The molecule has 30 heavy (non-hydrogen) atoms. The van der Waals surface area contributed by atoms with Crippen LogP contribution in [-0.4, -0.2) is 69.7 Å². The number of anilines is 1. The SMILES string of the molecule is O=C(NCCN1CCSCC1)c1cnc2ccc(-c3cn[nH]c3)cc2c1NC1CC1. The molecular weight excluding hydrogens is 396 g/mol. The van der Waals surface area contributed by atoms with E-state index < -0.39 is 0 Å². The highest BCUT2D eigenvalue weighted by Crippen LogP contribution is 2.34. The Labute approximate surface area is 180 Å². The first-order valence-corrected chi connectivity index (χ1v) is 11.7. The molecule has 2 aromatic heterocycles. The van der Waals surface area contributed by atoms with Gasteiger partial charge in [0.1, 0.15) is 0 Å². The third-order valence-corrected chi connectivity index (χ3v) is 6.63. The zero-order valence-electron chi connectivity index (χ0n) is 16.9. The third kappa shape index (κ3) is 4.29. The van der Waals surface area contributed by atoms with Gasteiger partial charge in [0.15, 0.2) is 0 Å². The standard InChI is InChI=1S/C22H26N6OS/c29-22(23-5-6-28-7-9-30-10-8-28)19-14-24-20-4-1-15(16-12-25-26-13-16)11-18(20)21(19)27-17-2-3-17/h1,4,11-14,17H,2-3,5-10H2,(H,23,29)(H,24,27)(H,25,26). The lowest BCUT2D eigenvalue weighted by Crippen LogP contribution is -2.39. The van der Waals surface area contributed by atoms with Gasteiger partial charge >= 0.3 is 0 Å². The molecule has 8 heteroatoms. The summed E-state index contributed by atoms with van der Waals surface area (Å²) in [4.78, 5) is 20.0. The molecule has 0 radical (unpaired) electrons. The Morgan fingerprint density at radius 3 is 2.83 bits per heavy atom. The van der Waals surface area contributed by atoms with Crippen molar-refractivity contribution in [2.75, 3.05) is 43.0 Å². The summed E-state index contributed by atoms with van der Waals surface area (Å²) in [5.74, 6) is 2.29. The lowest BCUT2D eigenvalue weighted by Gasteiger charge is -2.26. The van der Waals surface area contributed by atoms with Crippen molar-refractivity contribution in [1.29, 1.82) is 0 Å². The van der Waals surface area contributed by atoms with E-state index in [4.69, 9.17) is 0 Å². The van der Waals surface area contributed by atoms with Gasteiger partial charge in [-0.2, -0.15) is 16.9 Å². The Morgan fingerprint density at radius 2 is 2.07 bits per heavy atom. The lowest BCUT2D eigenvalue weighted by molar-refractivity contribution is 0.0949. The second-order valence-corrected chi connectivity index (χ2v) is 9.12. The maximum Gasteiger partial charge on any atom is 0.255 e. The number of nitrogens with one attached hydrogen (secondary N) is 3. The highest BCUT2D eigenvalue weighted by atomic mass is 32.2. The van der Waals surface area contributed by atoms with Crippen LogP contribution in [0.3, 0.4) is 0 Å². The quantitative estimate of drug-likeness (QED) is 0.543. The Balaban J connectivity index is 1.40. The molecule has 156 valence electrons. The van der Waals surface area contributed by atoms with E-state index in [-0.39, 0.29) is 5.91 Å². The number of pyridine rings is 1. The van der Waals surface area contributed by atoms with Crippen LogP contribution in [-0.2, 0) is 0 Å². The molecule has 0 unspecified atom stereocenters. The molecule has 1 aromatic carbocycles. The monoisotopic (exact) mass is 422 g/mol. The van der Waals surface area contributed by atoms with Gasteiger partial charge in [0, 0.05) is 67.1 Å². The highest BCUT2D eigenvalue weighted by Gasteiger charge is 2.25. The van der Waals surface area contributed by atoms with E-state index in [9.17, 15) is 4.79 Å². The smallest absolute Gasteiger partial charge is 0.255 e. The Morgan fingerprint density at radius 1 is 1.20 bits per heavy atom. The van der Waals surface area contributed by atoms with Crippen molar-refractivity contribution >= 4 is 34.3 Å². The zero-order chi connectivity index (χ0) is 20.3. The molecule has 2 fully saturated rings. The van der Waals surface area contributed by atoms with Crippen LogP contribution < -0.4 is 10.6 Å². The van der Waals surface area contributed by atoms with Crippen LogP contribution in [0.25, 0.3) is 22.0 Å². The maximum atomic E-state index is 13.0. The normalized spacial score (nSPS) is 17.2. The largest absolute Gasteiger partial charge is 0.381 e. The molecule has 1 aliphatic heterocycles. The van der Waals surface area contributed by atoms with E-state index in [2.05, 4.69) is 36.8 Å². The highest BCUT2D eigenvalue weighted by molar-refractivity contribution is 7.99. The summed E-state index contributed by atoms with van der Waals surface area (Å²) in [5, 5.41) is 14.6. The van der Waals surface area contributed by atoms with Crippen molar-refractivity contribution in [3.05, 3.63) is 42.4 Å². The summed E-state index contributed by atoms with van der Waals surface area (Å²) in [5.41, 5.74) is 4.46. The minimum atomic E-state index is -0.0624. The van der Waals surface area contributed by atoms with Crippen molar-refractivity contribution in [1.82, 2.24) is 25.4 Å². The molecule has 5 rings (SSSR count). The van der Waals surface area contributed by atoms with E-state index in [0.717, 1.165) is 60.2 Å². The number of aromatic nitrogens is 3. The average molecular weight is 423 g/mol. The van der Waals surface area contributed by atoms with Crippen LogP contribution in [0.2, 0.25) is 0 Å². The van der Waals surface area contributed by atoms with Crippen LogP contribution in [0, 0.1) is 0 Å². The molecule has 0 spiro atoms. The summed E-state index contributed by atoms with van der Waals surface area (Å²) < 4.78 is 0. The number of aromatic amines is 1. The second-order valence-electron chi connectivity index (χ2n) is 7.89. The molecule has 1 amide bonds. The van der Waals surface area contributed by atoms with Crippen LogP contribution in [0.1, 0.15) is 23.2 Å². The first-order valence-electron chi connectivity index (χ1n) is 10.5. The zero-order valence-corrected chi connectivity index (χ0v) is 17.7. The third-order valence-electron chi connectivity index (χ3n) is 5.69. The van der Waals surface area contributed by atoms with E-state index in [1.807, 2.05) is 30.1 Å². The van der Waals surface area contributed by atoms with Crippen molar-refractivity contribution in [3.63, 3.8) is 0 Å². The minimum Gasteiger partial charge on any atom is -0.381 e. The maximum absolute atomic E-state index is 13.0. The van der Waals surface area contributed by atoms with E-state index in [1.165, 1.54) is 11.5 Å². The van der Waals surface area contributed by atoms with Gasteiger partial charge in [0.25, 0.3) is 5.91 Å². The van der Waals surface area contributed by atoms with Crippen LogP contribution in [0.4, 0.5) is 5.69 Å². The summed E-state index contributed by atoms with van der Waals surface area (Å²) >= 11 is 2.00. The summed E-state index contributed by atoms with van der Waals surface area (Å²) in [6.45, 7) is 3.75. The van der Waals surface area contributed by atoms with Gasteiger partial charge in [-0.05, 0) is 30.5 Å². The fraction of sp³-hybridized carbons (Fsp3) is 0.409. The molecule has 7 nitrogen and oxygen atoms in total. The van der Waals surface area contributed by atoms with Crippen molar-refractivity contribution < 1.29 is 4.79 Å². The van der Waals surface area contributed by atoms with Gasteiger partial charge in [0.2, 0.25) is 0 Å². The topological polar surface area (TPSA) is 85.9 Å². The van der Waals surface area contributed by atoms with Crippen LogP contribution >= 0.6 is 11.8 Å². The predicted molar refractivity (Wildman–Crippen MR) is 122 cm³/mol. The Bertz CT molecular complexity index is 1030. The first kappa shape index (κ1) is 19.4. The van der Waals surface area contributed by atoms with Gasteiger partial charge in [-0.25, -0.2) is 0 Å². The molecule has 3 aromatic rings. The molecule has 2 aliphatic rings. The minimum absolute atomic E-state index is 0.0624. The molecule has 1 aliphatic carbocycles. The second kappa shape index (κ2) is 8.65. The van der Waals surface area contributed by atoms with Crippen molar-refractivity contribution in [3.8, 4) is 11.1 Å². The van der Waals surface area contributed by atoms with Gasteiger partial charge < -0.3 is 10.6 Å². The van der Waals surface area contributed by atoms with E-state index in [1.54, 1.807) is 12.4 Å². The van der Waals surface area contributed by atoms with Gasteiger partial charge in [0.05, 0.1) is 23.0 Å². The first-order chi connectivity index (χ1) is 14.8. The molecule has 1 saturated carbocycles. The van der Waals surface area contributed by atoms with Crippen molar-refractivity contribution in [2.24, 2.45) is 0 Å². The number of nitrogens with zero attached hydrogens (tertiary/aromatic N) is 3. The molecule has 0 atom stereocenters. The number of rotatable bonds is 7. The van der Waals surface area contributed by atoms with E-state index in [0.29, 0.717) is 18.2 Å². The van der Waals surface area contributed by atoms with Crippen LogP contribution in [0.15, 0.2) is 36.8 Å². The number of amides is 1. The summed E-state index contributed by atoms with van der Waals surface area (Å²) in [7, 11) is 0. The summed E-state index contributed by atoms with van der Waals surface area (Å²) in [6.07, 6.45) is 7.66. The molecule has 3 heterocycles. The fourth-order valence-electron chi connectivity index (χ4n) is 3.79. The summed E-state index contributed by atoms with van der Waals surface area (Å²) in [6, 6.07) is 6.58. The van der Waals surface area contributed by atoms with Gasteiger partial charge in [-0.15, -0.1) is 0 Å². The number of hydrogen-bond donors (Lipinski definition) is 3. The predicted octanol–water partition coefficient (Wildman–Crippen LogP) is 2.98. The Hall–Kier alpha value is -2.58. The lowest BCUT2D eigenvalue weighted by atomic mass is 10.0. The average Bonchev–Trinajstić information content (AvgIpc) is 3.43. The number of fused-ring (bicyclic) bond motifs is 1. The van der Waals surface area contributed by atoms with Gasteiger partial charge in [-0.1, -0.05) is 6.07 Å². The number of carbonyl (C=O) groups is 1. The fourth-order valence-corrected chi connectivity index (χ4v) is 4.77. The van der Waals surface area contributed by atoms with Crippen LogP contribution in [0.5, 0.6) is 0 Å². The van der Waals surface area contributed by atoms with Crippen molar-refractivity contribution in [2.45, 2.75) is 18.9 Å². The number of thioether (sulfide) groups is 1. The van der Waals surface area contributed by atoms with Gasteiger partial charge in [-0.3, -0.25) is 19.8 Å². The number of hydrogen-bond acceptors (Lipinski definition) is 6. The number of benzene rings is 1.